The number of esters is 1. The van der Waals surface area contributed by atoms with Gasteiger partial charge in [-0.1, -0.05) is 19.9 Å². The highest BCUT2D eigenvalue weighted by Crippen LogP contribution is 2.74. The molecule has 4 aliphatic carbocycles. The molecule has 78 heavy (non-hydrogen) atoms. The van der Waals surface area contributed by atoms with Gasteiger partial charge in [0.1, 0.15) is 122 Å². The molecule has 31 atom stereocenters. The van der Waals surface area contributed by atoms with Crippen LogP contribution in [0.25, 0.3) is 0 Å². The number of aliphatic hydroxyl groups excluding tert-OH is 17. The van der Waals surface area contributed by atoms with E-state index in [4.69, 9.17) is 47.4 Å². The predicted octanol–water partition coefficient (Wildman–Crippen LogP) is -7.29. The molecule has 5 heterocycles. The van der Waals surface area contributed by atoms with Gasteiger partial charge >= 0.3 is 5.97 Å². The van der Waals surface area contributed by atoms with Crippen LogP contribution in [0.2, 0.25) is 0 Å². The molecule has 5 aliphatic heterocycles. The summed E-state index contributed by atoms with van der Waals surface area (Å²) in [5.74, 6) is -0.957. The quantitative estimate of drug-likeness (QED) is 0.0411. The number of ether oxygens (including phenoxy) is 10. The van der Waals surface area contributed by atoms with Crippen LogP contribution in [0.5, 0.6) is 0 Å². The maximum atomic E-state index is 14.4. The third kappa shape index (κ3) is 10.3. The maximum Gasteiger partial charge on any atom is 0.314 e. The molecule has 0 radical (unpaired) electrons. The minimum Gasteiger partial charge on any atom is -0.432 e. The Morgan fingerprint density at radius 2 is 0.910 bits per heavy atom. The number of carbonyl (C=O) groups excluding carboxylic acids is 1. The van der Waals surface area contributed by atoms with Crippen molar-refractivity contribution in [3.05, 3.63) is 12.2 Å². The monoisotopic (exact) mass is 1130 g/mol. The fraction of sp³-hybridized carbons (Fsp3) is 0.940. The Bertz CT molecular complexity index is 2070. The van der Waals surface area contributed by atoms with Crippen molar-refractivity contribution >= 4 is 5.97 Å². The molecular weight excluding hydrogens is 1050 g/mol. The van der Waals surface area contributed by atoms with Crippen LogP contribution in [0, 0.1) is 28.1 Å². The summed E-state index contributed by atoms with van der Waals surface area (Å²) >= 11 is 0. The zero-order valence-electron chi connectivity index (χ0n) is 43.3. The Balaban J connectivity index is 1.00. The lowest BCUT2D eigenvalue weighted by molar-refractivity contribution is -0.406. The zero-order chi connectivity index (χ0) is 56.7. The van der Waals surface area contributed by atoms with Crippen LogP contribution in [-0.4, -0.2) is 285 Å². The van der Waals surface area contributed by atoms with Gasteiger partial charge in [-0.05, 0) is 86.5 Å². The highest BCUT2D eigenvalue weighted by Gasteiger charge is 2.70. The molecule has 0 aromatic rings. The van der Waals surface area contributed by atoms with Crippen molar-refractivity contribution in [3.8, 4) is 0 Å². The Labute approximate surface area is 448 Å². The number of aliphatic hydroxyl groups is 17. The minimum absolute atomic E-state index is 0.0405. The Morgan fingerprint density at radius 3 is 1.44 bits per heavy atom. The standard InChI is InChI=1S/C50H80O28/c1-18-11-49-9-5-24-47(2,7-4-8-48(24,3)46(68)77-43-36(66)33(63)28(58)21(14-53)71-43)25(49)6-10-50(18,17-49)78-45-40(39(30(60)23(16-55)73-45)75-42-35(65)32(62)27(57)20(13-52)70-42)76-44-37(67)38(29(59)22(15-54)72-44)74-41-34(64)31(61)26(56)19(12-51)69-41/h19-45,51-67H,1,4-17H2,2-3H3/t19-,20-,21-,22-,23-,24+,25+,26-,27-,28-,29-,30-,31+,32+,33+,34-,35-,36-,37-,38+,39+,40-,41-,42+,43+,44+,45+,47-,48-,49-,50+/m1/s1. The molecule has 9 rings (SSSR count). The summed E-state index contributed by atoms with van der Waals surface area (Å²) in [5.41, 5.74) is -2.68. The van der Waals surface area contributed by atoms with Crippen molar-refractivity contribution in [2.24, 2.45) is 28.1 Å². The van der Waals surface area contributed by atoms with Crippen molar-refractivity contribution in [1.82, 2.24) is 0 Å². The predicted molar refractivity (Wildman–Crippen MR) is 252 cm³/mol. The molecule has 0 aromatic heterocycles. The molecule has 0 amide bonds. The van der Waals surface area contributed by atoms with Crippen LogP contribution in [0.4, 0.5) is 0 Å². The van der Waals surface area contributed by atoms with Crippen molar-refractivity contribution < 1.29 is 139 Å². The Kier molecular flexibility index (Phi) is 18.2. The smallest absolute Gasteiger partial charge is 0.314 e. The van der Waals surface area contributed by atoms with Gasteiger partial charge in [0.15, 0.2) is 25.2 Å². The van der Waals surface area contributed by atoms with Gasteiger partial charge in [0, 0.05) is 0 Å². The average Bonchev–Trinajstić information content (AvgIpc) is 3.69. The molecule has 4 saturated carbocycles. The first-order chi connectivity index (χ1) is 36.9. The summed E-state index contributed by atoms with van der Waals surface area (Å²) in [6.45, 7) is 4.23. The van der Waals surface area contributed by atoms with Crippen LogP contribution >= 0.6 is 0 Å². The third-order valence-electron chi connectivity index (χ3n) is 19.2. The second-order valence-electron chi connectivity index (χ2n) is 23.6. The number of carbonyl (C=O) groups is 1. The van der Waals surface area contributed by atoms with Gasteiger partial charge < -0.3 is 134 Å². The lowest BCUT2D eigenvalue weighted by Gasteiger charge is -2.64. The fourth-order valence-corrected chi connectivity index (χ4v) is 15.0. The molecule has 9 aliphatic rings. The molecule has 2 bridgehead atoms. The summed E-state index contributed by atoms with van der Waals surface area (Å²) in [6, 6.07) is 0. The topological polar surface area (TPSA) is 453 Å². The number of hydrogen-bond acceptors (Lipinski definition) is 28. The molecule has 9 fully saturated rings. The van der Waals surface area contributed by atoms with E-state index in [0.717, 1.165) is 6.42 Å². The Hall–Kier alpha value is -1.83. The normalized spacial score (nSPS) is 54.5. The summed E-state index contributed by atoms with van der Waals surface area (Å²) in [7, 11) is 0. The summed E-state index contributed by atoms with van der Waals surface area (Å²) in [6.07, 6.45) is -40.7. The van der Waals surface area contributed by atoms with E-state index in [2.05, 4.69) is 13.5 Å². The Morgan fingerprint density at radius 1 is 0.487 bits per heavy atom. The molecule has 0 aromatic carbocycles. The average molecular weight is 1130 g/mol. The maximum absolute atomic E-state index is 14.4. The van der Waals surface area contributed by atoms with Crippen molar-refractivity contribution in [2.75, 3.05) is 33.0 Å². The van der Waals surface area contributed by atoms with Gasteiger partial charge in [0.25, 0.3) is 0 Å². The molecule has 1 spiro atoms. The molecule has 448 valence electrons. The molecule has 28 nitrogen and oxygen atoms in total. The van der Waals surface area contributed by atoms with Crippen molar-refractivity contribution in [1.29, 1.82) is 0 Å². The molecule has 17 N–H and O–H groups in total. The van der Waals surface area contributed by atoms with Gasteiger partial charge in [0.2, 0.25) is 6.29 Å². The van der Waals surface area contributed by atoms with Crippen LogP contribution in [0.1, 0.15) is 71.6 Å². The molecular formula is C50H80O28. The molecule has 0 unspecified atom stereocenters. The number of rotatable bonds is 15. The van der Waals surface area contributed by atoms with Crippen molar-refractivity contribution in [3.63, 3.8) is 0 Å². The highest BCUT2D eigenvalue weighted by atomic mass is 16.8. The first-order valence-corrected chi connectivity index (χ1v) is 26.9. The highest BCUT2D eigenvalue weighted by molar-refractivity contribution is 5.77. The zero-order valence-corrected chi connectivity index (χ0v) is 43.3. The van der Waals surface area contributed by atoms with E-state index >= 15 is 0 Å². The van der Waals surface area contributed by atoms with E-state index in [1.165, 1.54) is 0 Å². The second kappa shape index (κ2) is 23.3. The first-order valence-electron chi connectivity index (χ1n) is 26.9. The lowest BCUT2D eigenvalue weighted by atomic mass is 9.41. The number of hydrogen-bond donors (Lipinski definition) is 17. The fourth-order valence-electron chi connectivity index (χ4n) is 15.0. The van der Waals surface area contributed by atoms with Crippen LogP contribution in [0.15, 0.2) is 12.2 Å². The van der Waals surface area contributed by atoms with E-state index < -0.39 is 214 Å². The van der Waals surface area contributed by atoms with Crippen LogP contribution in [-0.2, 0) is 52.2 Å². The van der Waals surface area contributed by atoms with Gasteiger partial charge in [0.05, 0.1) is 44.1 Å². The summed E-state index contributed by atoms with van der Waals surface area (Å²) in [5, 5.41) is 182. The van der Waals surface area contributed by atoms with Gasteiger partial charge in [-0.2, -0.15) is 0 Å². The molecule has 28 heteroatoms. The van der Waals surface area contributed by atoms with Gasteiger partial charge in [-0.3, -0.25) is 4.79 Å². The largest absolute Gasteiger partial charge is 0.432 e. The molecule has 5 saturated heterocycles. The van der Waals surface area contributed by atoms with Gasteiger partial charge in [-0.25, -0.2) is 0 Å². The lowest BCUT2D eigenvalue weighted by Crippen LogP contribution is -2.68. The SMILES string of the molecule is C=C1C[C@@]23CC[C@H]4[C@@](C)(CCC[C@@]4(C)C(=O)O[C@@H]4O[C@H](CO)[C@@H](O)[C@H](O)[C@H]4O)[C@@H]2CC[C@]1(O[C@@H]1O[C@H](CO)[C@@H](O)[C@H](O[C@@H]2O[C@H](CO)[C@@H](O)[C@H](O)[C@H]2O)[C@H]1O[C@@H]1O[C@H](CO)[C@@H](O)[C@H](O[C@H]2O[C@H](CO)[C@@H](O)[C@H](O)[C@H]2O)[C@H]1O)C3. The van der Waals surface area contributed by atoms with E-state index in [1.807, 2.05) is 6.92 Å². The van der Waals surface area contributed by atoms with Crippen LogP contribution in [0.3, 0.4) is 0 Å². The first kappa shape index (κ1) is 60.8. The van der Waals surface area contributed by atoms with E-state index in [-0.39, 0.29) is 11.8 Å². The summed E-state index contributed by atoms with van der Waals surface area (Å²) < 4.78 is 60.2. The van der Waals surface area contributed by atoms with Gasteiger partial charge in [-0.15, -0.1) is 0 Å². The minimum atomic E-state index is -2.14. The van der Waals surface area contributed by atoms with E-state index in [9.17, 15) is 91.6 Å². The van der Waals surface area contributed by atoms with E-state index in [1.54, 1.807) is 0 Å². The van der Waals surface area contributed by atoms with E-state index in [0.29, 0.717) is 56.9 Å². The number of fused-ring (bicyclic) bond motifs is 3. The third-order valence-corrected chi connectivity index (χ3v) is 19.2. The summed E-state index contributed by atoms with van der Waals surface area (Å²) in [4.78, 5) is 14.4. The van der Waals surface area contributed by atoms with Crippen molar-refractivity contribution in [2.45, 2.75) is 231 Å². The van der Waals surface area contributed by atoms with Crippen LogP contribution < -0.4 is 0 Å². The second-order valence-corrected chi connectivity index (χ2v) is 23.6.